The van der Waals surface area contributed by atoms with Crippen molar-refractivity contribution in [2.45, 2.75) is 13.3 Å². The van der Waals surface area contributed by atoms with Gasteiger partial charge >= 0.3 is 0 Å². The zero-order valence-electron chi connectivity index (χ0n) is 7.96. The normalized spacial score (nSPS) is 9.69. The van der Waals surface area contributed by atoms with Crippen molar-refractivity contribution in [1.29, 1.82) is 0 Å². The van der Waals surface area contributed by atoms with Gasteiger partial charge in [0.05, 0.1) is 0 Å². The number of hydrogen-bond acceptors (Lipinski definition) is 5. The SMILES string of the molecule is CCCNc1cc(NC)nc(N)n1. The van der Waals surface area contributed by atoms with Crippen LogP contribution in [0, 0.1) is 0 Å². The molecule has 0 aliphatic carbocycles. The van der Waals surface area contributed by atoms with E-state index in [0.717, 1.165) is 24.6 Å². The minimum absolute atomic E-state index is 0.283. The highest BCUT2D eigenvalue weighted by atomic mass is 15.1. The lowest BCUT2D eigenvalue weighted by atomic mass is 10.4. The van der Waals surface area contributed by atoms with E-state index >= 15 is 0 Å². The molecule has 0 saturated heterocycles. The van der Waals surface area contributed by atoms with Gasteiger partial charge in [0, 0.05) is 19.7 Å². The molecule has 0 amide bonds. The number of nitrogens with zero attached hydrogens (tertiary/aromatic N) is 2. The Kier molecular flexibility index (Phi) is 3.31. The fourth-order valence-corrected chi connectivity index (χ4v) is 0.938. The Morgan fingerprint density at radius 2 is 2.08 bits per heavy atom. The zero-order valence-corrected chi connectivity index (χ0v) is 7.96. The largest absolute Gasteiger partial charge is 0.373 e. The third-order valence-electron chi connectivity index (χ3n) is 1.56. The molecule has 1 aromatic rings. The molecular weight excluding hydrogens is 166 g/mol. The molecule has 0 aliphatic rings. The highest BCUT2D eigenvalue weighted by Gasteiger charge is 1.98. The molecule has 0 unspecified atom stereocenters. The molecule has 5 nitrogen and oxygen atoms in total. The minimum atomic E-state index is 0.283. The number of nitrogens with two attached hydrogens (primary N) is 1. The van der Waals surface area contributed by atoms with Crippen LogP contribution in [0.4, 0.5) is 17.6 Å². The van der Waals surface area contributed by atoms with E-state index < -0.39 is 0 Å². The summed E-state index contributed by atoms with van der Waals surface area (Å²) >= 11 is 0. The maximum atomic E-state index is 5.50. The molecule has 0 radical (unpaired) electrons. The van der Waals surface area contributed by atoms with Crippen molar-refractivity contribution in [3.05, 3.63) is 6.07 Å². The zero-order chi connectivity index (χ0) is 9.68. The molecule has 0 spiro atoms. The Morgan fingerprint density at radius 3 is 2.69 bits per heavy atom. The summed E-state index contributed by atoms with van der Waals surface area (Å²) in [5.41, 5.74) is 5.50. The number of anilines is 3. The molecular formula is C8H15N5. The van der Waals surface area contributed by atoms with Crippen LogP contribution in [-0.2, 0) is 0 Å². The average molecular weight is 181 g/mol. The van der Waals surface area contributed by atoms with Gasteiger partial charge < -0.3 is 16.4 Å². The number of aromatic nitrogens is 2. The summed E-state index contributed by atoms with van der Waals surface area (Å²) in [6, 6.07) is 1.83. The first kappa shape index (κ1) is 9.57. The Hall–Kier alpha value is -1.52. The summed E-state index contributed by atoms with van der Waals surface area (Å²) < 4.78 is 0. The first-order valence-electron chi connectivity index (χ1n) is 4.32. The maximum Gasteiger partial charge on any atom is 0.223 e. The molecule has 1 rings (SSSR count). The quantitative estimate of drug-likeness (QED) is 0.644. The van der Waals surface area contributed by atoms with E-state index in [2.05, 4.69) is 27.5 Å². The van der Waals surface area contributed by atoms with Crippen molar-refractivity contribution < 1.29 is 0 Å². The summed E-state index contributed by atoms with van der Waals surface area (Å²) in [6.45, 7) is 2.98. The lowest BCUT2D eigenvalue weighted by Crippen LogP contribution is -2.06. The van der Waals surface area contributed by atoms with E-state index in [1.54, 1.807) is 7.05 Å². The van der Waals surface area contributed by atoms with Crippen molar-refractivity contribution in [2.75, 3.05) is 30.0 Å². The molecule has 72 valence electrons. The molecule has 13 heavy (non-hydrogen) atoms. The van der Waals surface area contributed by atoms with E-state index in [9.17, 15) is 0 Å². The van der Waals surface area contributed by atoms with Gasteiger partial charge in [0.25, 0.3) is 0 Å². The van der Waals surface area contributed by atoms with E-state index in [1.165, 1.54) is 0 Å². The summed E-state index contributed by atoms with van der Waals surface area (Å²) in [7, 11) is 1.80. The topological polar surface area (TPSA) is 75.9 Å². The molecule has 4 N–H and O–H groups in total. The van der Waals surface area contributed by atoms with Gasteiger partial charge in [-0.25, -0.2) is 0 Å². The number of hydrogen-bond donors (Lipinski definition) is 3. The fraction of sp³-hybridized carbons (Fsp3) is 0.500. The second-order valence-corrected chi connectivity index (χ2v) is 2.67. The van der Waals surface area contributed by atoms with E-state index in [1.807, 2.05) is 6.07 Å². The van der Waals surface area contributed by atoms with E-state index in [0.29, 0.717) is 0 Å². The summed E-state index contributed by atoms with van der Waals surface area (Å²) in [5, 5.41) is 6.05. The molecule has 0 fully saturated rings. The summed E-state index contributed by atoms with van der Waals surface area (Å²) in [4.78, 5) is 8.01. The highest BCUT2D eigenvalue weighted by molar-refractivity contribution is 5.50. The predicted octanol–water partition coefficient (Wildman–Crippen LogP) is 0.922. The van der Waals surface area contributed by atoms with Crippen LogP contribution in [0.2, 0.25) is 0 Å². The summed E-state index contributed by atoms with van der Waals surface area (Å²) in [6.07, 6.45) is 1.05. The molecule has 1 heterocycles. The van der Waals surface area contributed by atoms with Crippen LogP contribution in [0.5, 0.6) is 0 Å². The summed E-state index contributed by atoms with van der Waals surface area (Å²) in [5.74, 6) is 1.77. The van der Waals surface area contributed by atoms with Gasteiger partial charge in [-0.3, -0.25) is 0 Å². The second-order valence-electron chi connectivity index (χ2n) is 2.67. The van der Waals surface area contributed by atoms with Crippen LogP contribution >= 0.6 is 0 Å². The lowest BCUT2D eigenvalue weighted by Gasteiger charge is -2.06. The lowest BCUT2D eigenvalue weighted by molar-refractivity contribution is 0.966. The number of rotatable bonds is 4. The van der Waals surface area contributed by atoms with Crippen molar-refractivity contribution >= 4 is 17.6 Å². The minimum Gasteiger partial charge on any atom is -0.373 e. The van der Waals surface area contributed by atoms with E-state index in [4.69, 9.17) is 5.73 Å². The molecule has 1 aromatic heterocycles. The standard InChI is InChI=1S/C8H15N5/c1-3-4-11-7-5-6(10-2)12-8(9)13-7/h5H,3-4H2,1-2H3,(H4,9,10,11,12,13). The Bertz CT molecular complexity index is 273. The van der Waals surface area contributed by atoms with Gasteiger partial charge in [-0.2, -0.15) is 9.97 Å². The first-order chi connectivity index (χ1) is 6.26. The fourth-order valence-electron chi connectivity index (χ4n) is 0.938. The molecule has 0 atom stereocenters. The number of nitrogens with one attached hydrogen (secondary N) is 2. The molecule has 0 aromatic carbocycles. The van der Waals surface area contributed by atoms with Crippen LogP contribution in [0.15, 0.2) is 6.07 Å². The Morgan fingerprint density at radius 1 is 1.38 bits per heavy atom. The smallest absolute Gasteiger partial charge is 0.223 e. The first-order valence-corrected chi connectivity index (χ1v) is 4.32. The van der Waals surface area contributed by atoms with Gasteiger partial charge in [-0.15, -0.1) is 0 Å². The average Bonchev–Trinajstić information content (AvgIpc) is 2.14. The van der Waals surface area contributed by atoms with Crippen molar-refractivity contribution in [3.8, 4) is 0 Å². The third kappa shape index (κ3) is 2.77. The molecule has 0 bridgehead atoms. The molecule has 0 aliphatic heterocycles. The van der Waals surface area contributed by atoms with Crippen molar-refractivity contribution in [1.82, 2.24) is 9.97 Å². The predicted molar refractivity (Wildman–Crippen MR) is 54.8 cm³/mol. The highest BCUT2D eigenvalue weighted by Crippen LogP contribution is 2.11. The van der Waals surface area contributed by atoms with Gasteiger partial charge in [-0.05, 0) is 6.42 Å². The third-order valence-corrected chi connectivity index (χ3v) is 1.56. The van der Waals surface area contributed by atoms with E-state index in [-0.39, 0.29) is 5.95 Å². The van der Waals surface area contributed by atoms with Crippen LogP contribution in [0.25, 0.3) is 0 Å². The maximum absolute atomic E-state index is 5.50. The van der Waals surface area contributed by atoms with Crippen molar-refractivity contribution in [2.24, 2.45) is 0 Å². The number of nitrogen functional groups attached to an aromatic ring is 1. The van der Waals surface area contributed by atoms with Crippen LogP contribution in [0.3, 0.4) is 0 Å². The Labute approximate surface area is 77.8 Å². The van der Waals surface area contributed by atoms with Gasteiger partial charge in [-0.1, -0.05) is 6.92 Å². The van der Waals surface area contributed by atoms with Gasteiger partial charge in [0.2, 0.25) is 5.95 Å². The van der Waals surface area contributed by atoms with Gasteiger partial charge in [0.1, 0.15) is 11.6 Å². The molecule has 5 heteroatoms. The van der Waals surface area contributed by atoms with Crippen LogP contribution in [-0.4, -0.2) is 23.6 Å². The van der Waals surface area contributed by atoms with Crippen molar-refractivity contribution in [3.63, 3.8) is 0 Å². The molecule has 0 saturated carbocycles. The second kappa shape index (κ2) is 4.49. The monoisotopic (exact) mass is 181 g/mol. The van der Waals surface area contributed by atoms with Crippen LogP contribution in [0.1, 0.15) is 13.3 Å². The Balaban J connectivity index is 2.76. The van der Waals surface area contributed by atoms with Gasteiger partial charge in [0.15, 0.2) is 0 Å². The van der Waals surface area contributed by atoms with Crippen LogP contribution < -0.4 is 16.4 Å².